The highest BCUT2D eigenvalue weighted by Crippen LogP contribution is 2.05. The minimum Gasteiger partial charge on any atom is -0.465 e. The molecule has 1 fully saturated rings. The van der Waals surface area contributed by atoms with Crippen LogP contribution in [-0.4, -0.2) is 65.4 Å². The largest absolute Gasteiger partial charge is 0.465 e. The summed E-state index contributed by atoms with van der Waals surface area (Å²) in [6, 6.07) is -1.07. The number of hydrogen-bond acceptors (Lipinski definition) is 4. The number of amides is 2. The maximum atomic E-state index is 11.9. The number of hydrogen-bond donors (Lipinski definition) is 4. The van der Waals surface area contributed by atoms with E-state index in [1.54, 1.807) is 4.90 Å². The molecule has 0 aliphatic carbocycles. The lowest BCUT2D eigenvalue weighted by molar-refractivity contribution is -0.137. The van der Waals surface area contributed by atoms with E-state index >= 15 is 0 Å². The maximum Gasteiger partial charge on any atom is 0.405 e. The molecule has 1 heterocycles. The van der Waals surface area contributed by atoms with Gasteiger partial charge in [0.05, 0.1) is 6.61 Å². The van der Waals surface area contributed by atoms with Gasteiger partial charge >= 0.3 is 6.09 Å². The van der Waals surface area contributed by atoms with Crippen LogP contribution in [0.15, 0.2) is 0 Å². The topological polar surface area (TPSA) is 102 Å². The van der Waals surface area contributed by atoms with E-state index in [9.17, 15) is 9.59 Å². The molecule has 1 aliphatic heterocycles. The van der Waals surface area contributed by atoms with Crippen molar-refractivity contribution >= 4 is 12.0 Å². The van der Waals surface area contributed by atoms with Gasteiger partial charge < -0.3 is 25.7 Å². The van der Waals surface area contributed by atoms with Gasteiger partial charge in [-0.3, -0.25) is 4.79 Å². The molecule has 7 heteroatoms. The molecule has 1 saturated heterocycles. The molecular weight excluding hydrogens is 214 g/mol. The van der Waals surface area contributed by atoms with E-state index in [1.807, 2.05) is 12.2 Å². The Balaban J connectivity index is 2.62. The Labute approximate surface area is 93.4 Å². The summed E-state index contributed by atoms with van der Waals surface area (Å²) < 4.78 is 0. The number of aliphatic hydroxyl groups is 1. The van der Waals surface area contributed by atoms with E-state index in [-0.39, 0.29) is 11.9 Å². The van der Waals surface area contributed by atoms with Crippen LogP contribution in [0, 0.1) is 0 Å². The summed E-state index contributed by atoms with van der Waals surface area (Å²) in [4.78, 5) is 23.9. The monoisotopic (exact) mass is 231 g/mol. The maximum absolute atomic E-state index is 11.9. The van der Waals surface area contributed by atoms with E-state index < -0.39 is 18.7 Å². The minimum absolute atomic E-state index is 0.00546. The molecule has 16 heavy (non-hydrogen) atoms. The summed E-state index contributed by atoms with van der Waals surface area (Å²) in [6.45, 7) is 3.23. The number of piperazine rings is 1. The molecular formula is C9H17N3O4. The fourth-order valence-corrected chi connectivity index (χ4v) is 1.70. The average molecular weight is 231 g/mol. The van der Waals surface area contributed by atoms with E-state index in [0.29, 0.717) is 19.6 Å². The van der Waals surface area contributed by atoms with Crippen LogP contribution in [-0.2, 0) is 4.79 Å². The summed E-state index contributed by atoms with van der Waals surface area (Å²) >= 11 is 0. The van der Waals surface area contributed by atoms with Gasteiger partial charge in [0.2, 0.25) is 5.91 Å². The third-order valence-electron chi connectivity index (χ3n) is 2.56. The quantitative estimate of drug-likeness (QED) is 0.470. The predicted octanol–water partition coefficient (Wildman–Crippen LogP) is -1.56. The second kappa shape index (κ2) is 5.66. The Kier molecular flexibility index (Phi) is 4.51. The van der Waals surface area contributed by atoms with Gasteiger partial charge in [-0.2, -0.15) is 0 Å². The van der Waals surface area contributed by atoms with Crippen LogP contribution in [0.4, 0.5) is 4.79 Å². The molecule has 2 atom stereocenters. The molecule has 1 rings (SSSR count). The molecule has 2 amide bonds. The van der Waals surface area contributed by atoms with Crippen molar-refractivity contribution in [2.24, 2.45) is 0 Å². The van der Waals surface area contributed by atoms with Gasteiger partial charge in [0.25, 0.3) is 0 Å². The lowest BCUT2D eigenvalue weighted by Crippen LogP contribution is -2.58. The molecule has 0 aromatic carbocycles. The summed E-state index contributed by atoms with van der Waals surface area (Å²) in [5, 5.41) is 22.6. The standard InChI is InChI=1S/C9H17N3O4/c1-6-4-10-2-3-12(6)8(14)7(5-13)11-9(15)16/h6-7,10-11,13H,2-5H2,1H3,(H,15,16). The number of carbonyl (C=O) groups is 2. The molecule has 0 bridgehead atoms. The van der Waals surface area contributed by atoms with Gasteiger partial charge in [0.15, 0.2) is 0 Å². The first-order valence-electron chi connectivity index (χ1n) is 5.17. The first-order valence-corrected chi connectivity index (χ1v) is 5.17. The summed E-state index contributed by atoms with van der Waals surface area (Å²) in [7, 11) is 0. The smallest absolute Gasteiger partial charge is 0.405 e. The van der Waals surface area contributed by atoms with Gasteiger partial charge in [-0.15, -0.1) is 0 Å². The van der Waals surface area contributed by atoms with E-state index in [1.165, 1.54) is 0 Å². The van der Waals surface area contributed by atoms with Gasteiger partial charge in [0, 0.05) is 25.7 Å². The third-order valence-corrected chi connectivity index (χ3v) is 2.56. The zero-order chi connectivity index (χ0) is 12.1. The Hall–Kier alpha value is -1.34. The van der Waals surface area contributed by atoms with Crippen molar-refractivity contribution in [1.29, 1.82) is 0 Å². The number of rotatable bonds is 3. The fraction of sp³-hybridized carbons (Fsp3) is 0.778. The first-order chi connectivity index (χ1) is 7.56. The average Bonchev–Trinajstić information content (AvgIpc) is 2.25. The third kappa shape index (κ3) is 3.07. The lowest BCUT2D eigenvalue weighted by atomic mass is 10.1. The number of aliphatic hydroxyl groups excluding tert-OH is 1. The van der Waals surface area contributed by atoms with Crippen molar-refractivity contribution in [3.05, 3.63) is 0 Å². The van der Waals surface area contributed by atoms with Gasteiger partial charge in [-0.1, -0.05) is 0 Å². The van der Waals surface area contributed by atoms with Crippen LogP contribution in [0.25, 0.3) is 0 Å². The number of nitrogens with one attached hydrogen (secondary N) is 2. The summed E-state index contributed by atoms with van der Waals surface area (Å²) in [6.07, 6.45) is -1.31. The van der Waals surface area contributed by atoms with Crippen molar-refractivity contribution in [2.75, 3.05) is 26.2 Å². The molecule has 0 aromatic rings. The number of nitrogens with zero attached hydrogens (tertiary/aromatic N) is 1. The van der Waals surface area contributed by atoms with Crippen molar-refractivity contribution in [3.8, 4) is 0 Å². The Morgan fingerprint density at radius 3 is 2.81 bits per heavy atom. The molecule has 0 saturated carbocycles. The van der Waals surface area contributed by atoms with Crippen molar-refractivity contribution in [3.63, 3.8) is 0 Å². The molecule has 0 radical (unpaired) electrons. The van der Waals surface area contributed by atoms with Gasteiger partial charge in [0.1, 0.15) is 6.04 Å². The molecule has 1 aliphatic rings. The number of carboxylic acid groups (broad SMARTS) is 1. The van der Waals surface area contributed by atoms with E-state index in [0.717, 1.165) is 0 Å². The summed E-state index contributed by atoms with van der Waals surface area (Å²) in [5.74, 6) is -0.376. The van der Waals surface area contributed by atoms with Gasteiger partial charge in [-0.05, 0) is 6.92 Å². The van der Waals surface area contributed by atoms with Crippen LogP contribution < -0.4 is 10.6 Å². The molecule has 4 N–H and O–H groups in total. The Morgan fingerprint density at radius 2 is 2.31 bits per heavy atom. The second-order valence-electron chi connectivity index (χ2n) is 3.77. The van der Waals surface area contributed by atoms with Crippen molar-refractivity contribution < 1.29 is 19.8 Å². The molecule has 0 spiro atoms. The normalized spacial score (nSPS) is 22.6. The van der Waals surface area contributed by atoms with E-state index in [4.69, 9.17) is 10.2 Å². The fourth-order valence-electron chi connectivity index (χ4n) is 1.70. The second-order valence-corrected chi connectivity index (χ2v) is 3.77. The van der Waals surface area contributed by atoms with Crippen molar-refractivity contribution in [1.82, 2.24) is 15.5 Å². The SMILES string of the molecule is CC1CNCCN1C(=O)C(CO)NC(=O)O. The Bertz CT molecular complexity index is 271. The highest BCUT2D eigenvalue weighted by atomic mass is 16.4. The highest BCUT2D eigenvalue weighted by molar-refractivity contribution is 5.85. The van der Waals surface area contributed by atoms with Crippen LogP contribution in [0.2, 0.25) is 0 Å². The Morgan fingerprint density at radius 1 is 1.62 bits per heavy atom. The lowest BCUT2D eigenvalue weighted by Gasteiger charge is -2.35. The molecule has 2 unspecified atom stereocenters. The predicted molar refractivity (Wildman–Crippen MR) is 56.1 cm³/mol. The molecule has 7 nitrogen and oxygen atoms in total. The first kappa shape index (κ1) is 12.7. The van der Waals surface area contributed by atoms with E-state index in [2.05, 4.69) is 5.32 Å². The van der Waals surface area contributed by atoms with Crippen LogP contribution in [0.1, 0.15) is 6.92 Å². The zero-order valence-corrected chi connectivity index (χ0v) is 9.14. The van der Waals surface area contributed by atoms with Crippen LogP contribution >= 0.6 is 0 Å². The van der Waals surface area contributed by atoms with Gasteiger partial charge in [-0.25, -0.2) is 4.79 Å². The van der Waals surface area contributed by atoms with Crippen LogP contribution in [0.3, 0.4) is 0 Å². The zero-order valence-electron chi connectivity index (χ0n) is 9.14. The van der Waals surface area contributed by atoms with Crippen LogP contribution in [0.5, 0.6) is 0 Å². The van der Waals surface area contributed by atoms with Crippen molar-refractivity contribution in [2.45, 2.75) is 19.0 Å². The number of carbonyl (C=O) groups excluding carboxylic acids is 1. The highest BCUT2D eigenvalue weighted by Gasteiger charge is 2.29. The summed E-state index contributed by atoms with van der Waals surface area (Å²) in [5.41, 5.74) is 0. The molecule has 0 aromatic heterocycles. The molecule has 92 valence electrons. The minimum atomic E-state index is -1.31.